The molecule has 0 spiro atoms. The van der Waals surface area contributed by atoms with Crippen LogP contribution in [0.4, 0.5) is 5.69 Å². The van der Waals surface area contributed by atoms with Gasteiger partial charge in [-0.2, -0.15) is 0 Å². The minimum atomic E-state index is -0.500. The fraction of sp³-hybridized carbons (Fsp3) is 0.300. The molecule has 0 radical (unpaired) electrons. The Hall–Kier alpha value is -4.93. The first-order valence-corrected chi connectivity index (χ1v) is 13.3. The lowest BCUT2D eigenvalue weighted by Gasteiger charge is -2.14. The van der Waals surface area contributed by atoms with E-state index >= 15 is 0 Å². The lowest BCUT2D eigenvalue weighted by molar-refractivity contribution is -0.384. The van der Waals surface area contributed by atoms with E-state index in [4.69, 9.17) is 9.47 Å². The summed E-state index contributed by atoms with van der Waals surface area (Å²) in [6, 6.07) is 18.5. The van der Waals surface area contributed by atoms with Gasteiger partial charge in [0.05, 0.1) is 36.6 Å². The van der Waals surface area contributed by atoms with Crippen LogP contribution in [0.25, 0.3) is 10.9 Å². The van der Waals surface area contributed by atoms with Crippen LogP contribution >= 0.6 is 0 Å². The second-order valence-electron chi connectivity index (χ2n) is 9.52. The number of methoxy groups -OCH3 is 2. The molecule has 3 aromatic carbocycles. The van der Waals surface area contributed by atoms with E-state index in [0.717, 1.165) is 5.56 Å². The van der Waals surface area contributed by atoms with E-state index < -0.39 is 16.2 Å². The Morgan fingerprint density at radius 2 is 1.68 bits per heavy atom. The molecule has 0 unspecified atom stereocenters. The summed E-state index contributed by atoms with van der Waals surface area (Å²) in [7, 11) is 3.15. The summed E-state index contributed by atoms with van der Waals surface area (Å²) in [5.41, 5.74) is 1.05. The average molecular weight is 561 g/mol. The Morgan fingerprint density at radius 3 is 2.44 bits per heavy atom. The molecule has 41 heavy (non-hydrogen) atoms. The lowest BCUT2D eigenvalue weighted by atomic mass is 10.1. The maximum atomic E-state index is 13.4. The van der Waals surface area contributed by atoms with Gasteiger partial charge in [-0.3, -0.25) is 28.8 Å². The van der Waals surface area contributed by atoms with E-state index in [1.807, 2.05) is 18.2 Å². The normalized spacial score (nSPS) is 10.9. The van der Waals surface area contributed by atoms with Gasteiger partial charge in [0.1, 0.15) is 0 Å². The van der Waals surface area contributed by atoms with E-state index in [9.17, 15) is 24.5 Å². The first kappa shape index (κ1) is 29.1. The van der Waals surface area contributed by atoms with Gasteiger partial charge in [0.15, 0.2) is 11.5 Å². The van der Waals surface area contributed by atoms with Crippen molar-refractivity contribution in [3.05, 3.63) is 109 Å². The Kier molecular flexibility index (Phi) is 9.51. The summed E-state index contributed by atoms with van der Waals surface area (Å²) >= 11 is 0. The number of hydrogen-bond donors (Lipinski definition) is 1. The number of para-hydroxylation sites is 1. The van der Waals surface area contributed by atoms with Gasteiger partial charge in [-0.05, 0) is 54.7 Å². The van der Waals surface area contributed by atoms with Gasteiger partial charge in [0.2, 0.25) is 5.91 Å². The highest BCUT2D eigenvalue weighted by molar-refractivity contribution is 5.78. The third-order valence-electron chi connectivity index (χ3n) is 6.81. The number of fused-ring (bicyclic) bond motifs is 1. The van der Waals surface area contributed by atoms with Crippen molar-refractivity contribution in [2.45, 2.75) is 38.8 Å². The topological polar surface area (TPSA) is 135 Å². The van der Waals surface area contributed by atoms with Crippen molar-refractivity contribution in [2.24, 2.45) is 0 Å². The number of nitro benzene ring substituents is 1. The number of nitrogens with one attached hydrogen (secondary N) is 1. The molecule has 0 aliphatic carbocycles. The molecule has 1 aromatic heterocycles. The molecule has 11 heteroatoms. The third kappa shape index (κ3) is 6.99. The number of carbonyl (C=O) groups is 1. The van der Waals surface area contributed by atoms with E-state index in [1.165, 1.54) is 21.3 Å². The van der Waals surface area contributed by atoms with Crippen molar-refractivity contribution in [3.63, 3.8) is 0 Å². The Balaban J connectivity index is 1.38. The van der Waals surface area contributed by atoms with Crippen LogP contribution in [-0.2, 0) is 24.3 Å². The van der Waals surface area contributed by atoms with Crippen LogP contribution < -0.4 is 26.0 Å². The van der Waals surface area contributed by atoms with Crippen LogP contribution in [-0.4, -0.2) is 40.7 Å². The van der Waals surface area contributed by atoms with Crippen LogP contribution in [0.5, 0.6) is 11.5 Å². The van der Waals surface area contributed by atoms with Gasteiger partial charge in [-0.25, -0.2) is 4.79 Å². The molecule has 0 aliphatic rings. The number of hydrogen-bond acceptors (Lipinski definition) is 7. The first-order chi connectivity index (χ1) is 19.8. The van der Waals surface area contributed by atoms with Crippen LogP contribution in [0.15, 0.2) is 76.3 Å². The second kappa shape index (κ2) is 13.4. The highest BCUT2D eigenvalue weighted by Crippen LogP contribution is 2.27. The van der Waals surface area contributed by atoms with Crippen LogP contribution in [0.2, 0.25) is 0 Å². The number of rotatable bonds is 13. The van der Waals surface area contributed by atoms with Gasteiger partial charge >= 0.3 is 5.69 Å². The molecule has 214 valence electrons. The number of unbranched alkanes of at least 4 members (excludes halogenated alkanes) is 1. The van der Waals surface area contributed by atoms with E-state index in [-0.39, 0.29) is 31.1 Å². The van der Waals surface area contributed by atoms with Crippen LogP contribution in [0.1, 0.15) is 30.4 Å². The Morgan fingerprint density at radius 1 is 0.902 bits per heavy atom. The van der Waals surface area contributed by atoms with Crippen molar-refractivity contribution in [3.8, 4) is 11.5 Å². The minimum Gasteiger partial charge on any atom is -0.493 e. The van der Waals surface area contributed by atoms with Gasteiger partial charge < -0.3 is 14.8 Å². The van der Waals surface area contributed by atoms with Gasteiger partial charge in [0, 0.05) is 31.6 Å². The molecule has 1 N–H and O–H groups in total. The first-order valence-electron chi connectivity index (χ1n) is 13.3. The molecule has 11 nitrogen and oxygen atoms in total. The molecule has 1 amide bonds. The number of amides is 1. The van der Waals surface area contributed by atoms with E-state index in [2.05, 4.69) is 5.32 Å². The lowest BCUT2D eigenvalue weighted by Crippen LogP contribution is -2.40. The molecule has 0 saturated heterocycles. The van der Waals surface area contributed by atoms with Gasteiger partial charge in [0.25, 0.3) is 11.2 Å². The third-order valence-corrected chi connectivity index (χ3v) is 6.81. The number of nitrogens with zero attached hydrogens (tertiary/aromatic N) is 3. The smallest absolute Gasteiger partial charge is 0.331 e. The predicted octanol–water partition coefficient (Wildman–Crippen LogP) is 3.67. The molecule has 4 rings (SSSR count). The fourth-order valence-electron chi connectivity index (χ4n) is 4.70. The van der Waals surface area contributed by atoms with Gasteiger partial charge in [-0.1, -0.05) is 30.3 Å². The summed E-state index contributed by atoms with van der Waals surface area (Å²) in [4.78, 5) is 49.6. The molecule has 4 aromatic rings. The number of ether oxygens (including phenoxy) is 2. The predicted molar refractivity (Wildman–Crippen MR) is 155 cm³/mol. The van der Waals surface area contributed by atoms with Crippen LogP contribution in [0.3, 0.4) is 0 Å². The number of carbonyl (C=O) groups excluding carboxylic acids is 1. The number of benzene rings is 3. The zero-order valence-corrected chi connectivity index (χ0v) is 23.0. The Labute approximate surface area is 236 Å². The second-order valence-corrected chi connectivity index (χ2v) is 9.52. The quantitative estimate of drug-likeness (QED) is 0.150. The molecular weight excluding hydrogens is 528 g/mol. The molecular formula is C30H32N4O7. The molecule has 0 atom stereocenters. The highest BCUT2D eigenvalue weighted by Gasteiger charge is 2.15. The molecule has 0 aliphatic heterocycles. The van der Waals surface area contributed by atoms with E-state index in [0.29, 0.717) is 53.8 Å². The monoisotopic (exact) mass is 560 g/mol. The molecule has 1 heterocycles. The van der Waals surface area contributed by atoms with Crippen molar-refractivity contribution >= 4 is 22.5 Å². The largest absolute Gasteiger partial charge is 0.493 e. The van der Waals surface area contributed by atoms with Crippen molar-refractivity contribution < 1.29 is 19.2 Å². The summed E-state index contributed by atoms with van der Waals surface area (Å²) in [6.07, 6.45) is 1.83. The minimum absolute atomic E-state index is 0.0732. The average Bonchev–Trinajstić information content (AvgIpc) is 2.98. The van der Waals surface area contributed by atoms with E-state index in [1.54, 1.807) is 50.6 Å². The zero-order valence-electron chi connectivity index (χ0n) is 23.0. The summed E-state index contributed by atoms with van der Waals surface area (Å²) in [6.45, 7) is 0.681. The number of nitro groups is 1. The standard InChI is InChI=1S/C30H32N4O7/c1-40-26-14-13-21(19-27(26)41-2)15-16-31-28(35)12-5-6-17-32-29(36)24-10-3-4-11-25(24)33(30(32)37)20-22-8-7-9-23(18-22)34(38)39/h3-4,7-11,13-14,18-19H,5-6,12,15-17,20H2,1-2H3,(H,31,35). The fourth-order valence-corrected chi connectivity index (χ4v) is 4.70. The summed E-state index contributed by atoms with van der Waals surface area (Å²) in [5, 5.41) is 14.5. The molecule has 0 fully saturated rings. The summed E-state index contributed by atoms with van der Waals surface area (Å²) in [5.74, 6) is 1.16. The molecule has 0 saturated carbocycles. The van der Waals surface area contributed by atoms with Gasteiger partial charge in [-0.15, -0.1) is 0 Å². The van der Waals surface area contributed by atoms with Crippen LogP contribution in [0, 0.1) is 10.1 Å². The SMILES string of the molecule is COc1ccc(CCNC(=O)CCCCn2c(=O)c3ccccc3n(Cc3cccc([N+](=O)[O-])c3)c2=O)cc1OC. The molecule has 0 bridgehead atoms. The highest BCUT2D eigenvalue weighted by atomic mass is 16.6. The number of non-ortho nitro benzene ring substituents is 1. The van der Waals surface area contributed by atoms with Crippen molar-refractivity contribution in [2.75, 3.05) is 20.8 Å². The van der Waals surface area contributed by atoms with Crippen molar-refractivity contribution in [1.29, 1.82) is 0 Å². The Bertz CT molecular complexity index is 1680. The van der Waals surface area contributed by atoms with Crippen molar-refractivity contribution in [1.82, 2.24) is 14.5 Å². The zero-order chi connectivity index (χ0) is 29.4. The maximum absolute atomic E-state index is 13.4. The maximum Gasteiger partial charge on any atom is 0.331 e. The number of aromatic nitrogens is 2. The summed E-state index contributed by atoms with van der Waals surface area (Å²) < 4.78 is 13.2.